The highest BCUT2D eigenvalue weighted by molar-refractivity contribution is 6.30. The van der Waals surface area contributed by atoms with Crippen molar-refractivity contribution in [3.8, 4) is 0 Å². The van der Waals surface area contributed by atoms with Crippen molar-refractivity contribution in [2.45, 2.75) is 18.6 Å². The van der Waals surface area contributed by atoms with Crippen LogP contribution in [-0.4, -0.2) is 15.8 Å². The van der Waals surface area contributed by atoms with Gasteiger partial charge < -0.3 is 10.2 Å². The van der Waals surface area contributed by atoms with Crippen LogP contribution in [0.2, 0.25) is 5.02 Å². The third-order valence-electron chi connectivity index (χ3n) is 3.15. The molecule has 0 aliphatic heterocycles. The topological polar surface area (TPSA) is 40.5 Å². The molecule has 20 heavy (non-hydrogen) atoms. The van der Waals surface area contributed by atoms with E-state index in [2.05, 4.69) is 0 Å². The van der Waals surface area contributed by atoms with Gasteiger partial charge in [0.15, 0.2) is 0 Å². The largest absolute Gasteiger partial charge is 0.385 e. The zero-order valence-corrected chi connectivity index (χ0v) is 12.0. The summed E-state index contributed by atoms with van der Waals surface area (Å²) < 4.78 is 0. The molecular formula is C17H17ClO2. The summed E-state index contributed by atoms with van der Waals surface area (Å²) in [7, 11) is 0. The predicted molar refractivity (Wildman–Crippen MR) is 82.5 cm³/mol. The molecule has 0 saturated heterocycles. The number of halogens is 1. The van der Waals surface area contributed by atoms with Crippen molar-refractivity contribution < 1.29 is 10.2 Å². The highest BCUT2D eigenvalue weighted by Gasteiger charge is 2.28. The Morgan fingerprint density at radius 3 is 2.25 bits per heavy atom. The van der Waals surface area contributed by atoms with E-state index in [0.29, 0.717) is 10.6 Å². The number of hydrogen-bond donors (Lipinski definition) is 2. The molecule has 0 heterocycles. The standard InChI is InChI=1S/C17H17ClO2/c1-17(20,12-11-13-5-3-2-4-6-13)16(19)14-7-9-15(18)10-8-14/h2-12,16,19-20H,1H3/b12-11+. The van der Waals surface area contributed by atoms with E-state index in [1.807, 2.05) is 30.3 Å². The first-order chi connectivity index (χ1) is 9.49. The minimum absolute atomic E-state index is 0.598. The van der Waals surface area contributed by atoms with Gasteiger partial charge in [-0.15, -0.1) is 0 Å². The Bertz CT molecular complexity index is 574. The van der Waals surface area contributed by atoms with Crippen molar-refractivity contribution in [1.29, 1.82) is 0 Å². The van der Waals surface area contributed by atoms with Crippen LogP contribution in [0.15, 0.2) is 60.7 Å². The molecule has 3 heteroatoms. The minimum Gasteiger partial charge on any atom is -0.385 e. The van der Waals surface area contributed by atoms with Gasteiger partial charge in [-0.1, -0.05) is 60.1 Å². The summed E-state index contributed by atoms with van der Waals surface area (Å²) in [6, 6.07) is 16.4. The molecule has 2 aromatic rings. The maximum absolute atomic E-state index is 10.4. The van der Waals surface area contributed by atoms with E-state index in [1.165, 1.54) is 0 Å². The van der Waals surface area contributed by atoms with Crippen molar-refractivity contribution in [3.63, 3.8) is 0 Å². The monoisotopic (exact) mass is 288 g/mol. The molecule has 2 atom stereocenters. The second-order valence-electron chi connectivity index (χ2n) is 4.92. The van der Waals surface area contributed by atoms with Gasteiger partial charge in [-0.2, -0.15) is 0 Å². The predicted octanol–water partition coefficient (Wildman–Crippen LogP) is 3.84. The van der Waals surface area contributed by atoms with Gasteiger partial charge in [0.2, 0.25) is 0 Å². The van der Waals surface area contributed by atoms with Crippen molar-refractivity contribution in [2.75, 3.05) is 0 Å². The van der Waals surface area contributed by atoms with Crippen LogP contribution in [0, 0.1) is 0 Å². The van der Waals surface area contributed by atoms with Crippen LogP contribution < -0.4 is 0 Å². The van der Waals surface area contributed by atoms with Crippen LogP contribution in [0.3, 0.4) is 0 Å². The average Bonchev–Trinajstić information content (AvgIpc) is 2.46. The zero-order valence-electron chi connectivity index (χ0n) is 11.2. The highest BCUT2D eigenvalue weighted by Crippen LogP contribution is 2.28. The third kappa shape index (κ3) is 3.70. The van der Waals surface area contributed by atoms with Gasteiger partial charge >= 0.3 is 0 Å². The summed E-state index contributed by atoms with van der Waals surface area (Å²) in [5.41, 5.74) is 0.233. The number of rotatable bonds is 4. The van der Waals surface area contributed by atoms with Gasteiger partial charge in [0.25, 0.3) is 0 Å². The lowest BCUT2D eigenvalue weighted by molar-refractivity contribution is -0.0271. The maximum Gasteiger partial charge on any atom is 0.111 e. The molecule has 2 rings (SSSR count). The van der Waals surface area contributed by atoms with E-state index in [1.54, 1.807) is 43.3 Å². The van der Waals surface area contributed by atoms with Crippen LogP contribution in [0.5, 0.6) is 0 Å². The van der Waals surface area contributed by atoms with Crippen molar-refractivity contribution in [1.82, 2.24) is 0 Å². The first-order valence-corrected chi connectivity index (χ1v) is 6.77. The molecular weight excluding hydrogens is 272 g/mol. The molecule has 2 nitrogen and oxygen atoms in total. The summed E-state index contributed by atoms with van der Waals surface area (Å²) in [6.45, 7) is 1.58. The van der Waals surface area contributed by atoms with Crippen LogP contribution in [0.4, 0.5) is 0 Å². The van der Waals surface area contributed by atoms with Crippen LogP contribution in [0.25, 0.3) is 6.08 Å². The van der Waals surface area contributed by atoms with Crippen LogP contribution >= 0.6 is 11.6 Å². The zero-order chi connectivity index (χ0) is 14.6. The first kappa shape index (κ1) is 14.8. The van der Waals surface area contributed by atoms with Gasteiger partial charge in [0, 0.05) is 5.02 Å². The van der Waals surface area contributed by atoms with E-state index < -0.39 is 11.7 Å². The summed E-state index contributed by atoms with van der Waals surface area (Å²) in [5, 5.41) is 21.3. The average molecular weight is 289 g/mol. The molecule has 0 spiro atoms. The number of hydrogen-bond acceptors (Lipinski definition) is 2. The Morgan fingerprint density at radius 2 is 1.65 bits per heavy atom. The Hall–Kier alpha value is -1.61. The summed E-state index contributed by atoms with van der Waals surface area (Å²) >= 11 is 5.81. The van der Waals surface area contributed by atoms with Crippen LogP contribution in [-0.2, 0) is 0 Å². The maximum atomic E-state index is 10.4. The summed E-state index contributed by atoms with van der Waals surface area (Å²) in [6.07, 6.45) is 2.38. The minimum atomic E-state index is -1.36. The molecule has 2 aromatic carbocycles. The fourth-order valence-corrected chi connectivity index (χ4v) is 2.03. The van der Waals surface area contributed by atoms with E-state index in [9.17, 15) is 10.2 Å². The summed E-state index contributed by atoms with van der Waals surface area (Å²) in [4.78, 5) is 0. The van der Waals surface area contributed by atoms with Crippen molar-refractivity contribution >= 4 is 17.7 Å². The normalized spacial score (nSPS) is 16.0. The lowest BCUT2D eigenvalue weighted by atomic mass is 9.92. The Kier molecular flexibility index (Phi) is 4.61. The first-order valence-electron chi connectivity index (χ1n) is 6.39. The lowest BCUT2D eigenvalue weighted by Crippen LogP contribution is -2.30. The number of benzene rings is 2. The Balaban J connectivity index is 2.17. The second-order valence-corrected chi connectivity index (χ2v) is 5.36. The SMILES string of the molecule is CC(O)(/C=C/c1ccccc1)C(O)c1ccc(Cl)cc1. The molecule has 0 bridgehead atoms. The van der Waals surface area contributed by atoms with Gasteiger partial charge in [-0.25, -0.2) is 0 Å². The lowest BCUT2D eigenvalue weighted by Gasteiger charge is -2.26. The van der Waals surface area contributed by atoms with Gasteiger partial charge in [0.05, 0.1) is 0 Å². The third-order valence-corrected chi connectivity index (χ3v) is 3.40. The molecule has 0 radical (unpaired) electrons. The van der Waals surface area contributed by atoms with Gasteiger partial charge in [-0.05, 0) is 36.3 Å². The fraction of sp³-hybridized carbons (Fsp3) is 0.176. The van der Waals surface area contributed by atoms with E-state index in [4.69, 9.17) is 11.6 Å². The Morgan fingerprint density at radius 1 is 1.05 bits per heavy atom. The van der Waals surface area contributed by atoms with E-state index >= 15 is 0 Å². The smallest absolute Gasteiger partial charge is 0.111 e. The van der Waals surface area contributed by atoms with Gasteiger partial charge in [0.1, 0.15) is 11.7 Å². The van der Waals surface area contributed by atoms with Crippen LogP contribution in [0.1, 0.15) is 24.2 Å². The Labute approximate surface area is 124 Å². The highest BCUT2D eigenvalue weighted by atomic mass is 35.5. The molecule has 0 aliphatic rings. The molecule has 0 amide bonds. The molecule has 0 aliphatic carbocycles. The molecule has 104 valence electrons. The van der Waals surface area contributed by atoms with E-state index in [-0.39, 0.29) is 0 Å². The molecule has 0 aromatic heterocycles. The molecule has 0 saturated carbocycles. The molecule has 2 unspecified atom stereocenters. The fourth-order valence-electron chi connectivity index (χ4n) is 1.90. The van der Waals surface area contributed by atoms with Gasteiger partial charge in [-0.3, -0.25) is 0 Å². The molecule has 2 N–H and O–H groups in total. The molecule has 0 fully saturated rings. The quantitative estimate of drug-likeness (QED) is 0.897. The van der Waals surface area contributed by atoms with E-state index in [0.717, 1.165) is 5.56 Å². The van der Waals surface area contributed by atoms with Crippen molar-refractivity contribution in [2.24, 2.45) is 0 Å². The number of aliphatic hydroxyl groups is 2. The van der Waals surface area contributed by atoms with Crippen molar-refractivity contribution in [3.05, 3.63) is 76.8 Å². The summed E-state index contributed by atoms with van der Waals surface area (Å²) in [5.74, 6) is 0. The second kappa shape index (κ2) is 6.23. The number of aliphatic hydroxyl groups excluding tert-OH is 1.